The molecule has 0 saturated carbocycles. The third-order valence-corrected chi connectivity index (χ3v) is 1.52. The Hall–Kier alpha value is -1.45. The molecule has 2 nitrogen and oxygen atoms in total. The van der Waals surface area contributed by atoms with Crippen LogP contribution < -0.4 is 4.74 Å². The molecular formula is C9H8F2O2. The fourth-order valence-electron chi connectivity index (χ4n) is 0.883. The van der Waals surface area contributed by atoms with Crippen molar-refractivity contribution in [3.05, 3.63) is 29.3 Å². The van der Waals surface area contributed by atoms with E-state index in [0.717, 1.165) is 12.1 Å². The summed E-state index contributed by atoms with van der Waals surface area (Å²) in [5.41, 5.74) is 0.122. The number of ether oxygens (including phenoxy) is 1. The Morgan fingerprint density at radius 1 is 1.38 bits per heavy atom. The van der Waals surface area contributed by atoms with Crippen LogP contribution >= 0.6 is 0 Å². The van der Waals surface area contributed by atoms with E-state index >= 15 is 0 Å². The van der Waals surface area contributed by atoms with Gasteiger partial charge < -0.3 is 4.74 Å². The highest BCUT2D eigenvalue weighted by Crippen LogP contribution is 2.22. The Morgan fingerprint density at radius 2 is 2.00 bits per heavy atom. The molecule has 70 valence electrons. The van der Waals surface area contributed by atoms with Crippen molar-refractivity contribution in [1.82, 2.24) is 0 Å². The van der Waals surface area contributed by atoms with Crippen molar-refractivity contribution in [2.24, 2.45) is 0 Å². The average Bonchev–Trinajstić information content (AvgIpc) is 1.98. The number of hydrogen-bond acceptors (Lipinski definition) is 2. The lowest BCUT2D eigenvalue weighted by atomic mass is 10.2. The lowest BCUT2D eigenvalue weighted by Gasteiger charge is -2.05. The number of hydrogen-bond donors (Lipinski definition) is 0. The zero-order valence-corrected chi connectivity index (χ0v) is 7.23. The second kappa shape index (κ2) is 3.51. The summed E-state index contributed by atoms with van der Waals surface area (Å²) >= 11 is 0. The van der Waals surface area contributed by atoms with E-state index in [0.29, 0.717) is 0 Å². The smallest absolute Gasteiger partial charge is 0.308 e. The third kappa shape index (κ3) is 2.24. The number of carbonyl (C=O) groups is 1. The third-order valence-electron chi connectivity index (χ3n) is 1.52. The van der Waals surface area contributed by atoms with E-state index in [9.17, 15) is 13.6 Å². The second-order valence-corrected chi connectivity index (χ2v) is 2.60. The van der Waals surface area contributed by atoms with Gasteiger partial charge in [0, 0.05) is 24.6 Å². The van der Waals surface area contributed by atoms with Crippen LogP contribution in [0.4, 0.5) is 8.78 Å². The molecule has 1 aromatic rings. The lowest BCUT2D eigenvalue weighted by Crippen LogP contribution is -2.04. The maximum atomic E-state index is 12.9. The van der Waals surface area contributed by atoms with E-state index in [-0.39, 0.29) is 11.3 Å². The summed E-state index contributed by atoms with van der Waals surface area (Å²) in [6.45, 7) is 2.58. The SMILES string of the molecule is CC(=O)Oc1cc(F)cc(F)c1C. The predicted molar refractivity (Wildman–Crippen MR) is 42.4 cm³/mol. The lowest BCUT2D eigenvalue weighted by molar-refractivity contribution is -0.131. The summed E-state index contributed by atoms with van der Waals surface area (Å²) in [6.07, 6.45) is 0. The molecular weight excluding hydrogens is 178 g/mol. The summed E-state index contributed by atoms with van der Waals surface area (Å²) in [5, 5.41) is 0. The molecule has 0 radical (unpaired) electrons. The van der Waals surface area contributed by atoms with E-state index in [1.807, 2.05) is 0 Å². The highest BCUT2D eigenvalue weighted by Gasteiger charge is 2.09. The van der Waals surface area contributed by atoms with Crippen LogP contribution in [-0.2, 0) is 4.79 Å². The highest BCUT2D eigenvalue weighted by atomic mass is 19.1. The predicted octanol–water partition coefficient (Wildman–Crippen LogP) is 2.20. The van der Waals surface area contributed by atoms with Crippen LogP contribution in [0.15, 0.2) is 12.1 Å². The molecule has 0 unspecified atom stereocenters. The Bertz CT molecular complexity index is 348. The van der Waals surface area contributed by atoms with Crippen molar-refractivity contribution in [3.8, 4) is 5.75 Å². The minimum absolute atomic E-state index is 0.0787. The van der Waals surface area contributed by atoms with E-state index in [2.05, 4.69) is 4.74 Å². The summed E-state index contributed by atoms with van der Waals surface area (Å²) in [5.74, 6) is -2.17. The van der Waals surface area contributed by atoms with Crippen LogP contribution in [0, 0.1) is 18.6 Å². The molecule has 0 N–H and O–H groups in total. The van der Waals surface area contributed by atoms with Gasteiger partial charge in [0.05, 0.1) is 0 Å². The minimum Gasteiger partial charge on any atom is -0.426 e. The molecule has 0 atom stereocenters. The molecule has 0 aromatic heterocycles. The first-order valence-electron chi connectivity index (χ1n) is 3.65. The van der Waals surface area contributed by atoms with Gasteiger partial charge in [-0.3, -0.25) is 4.79 Å². The number of carbonyl (C=O) groups excluding carboxylic acids is 1. The Balaban J connectivity index is 3.12. The molecule has 1 rings (SSSR count). The quantitative estimate of drug-likeness (QED) is 0.496. The average molecular weight is 186 g/mol. The number of benzene rings is 1. The second-order valence-electron chi connectivity index (χ2n) is 2.60. The van der Waals surface area contributed by atoms with E-state index < -0.39 is 17.6 Å². The van der Waals surface area contributed by atoms with Gasteiger partial charge in [0.2, 0.25) is 0 Å². The van der Waals surface area contributed by atoms with Gasteiger partial charge >= 0.3 is 5.97 Å². The molecule has 0 spiro atoms. The van der Waals surface area contributed by atoms with Gasteiger partial charge in [-0.2, -0.15) is 0 Å². The molecule has 0 aliphatic carbocycles. The molecule has 4 heteroatoms. The summed E-state index contributed by atoms with van der Waals surface area (Å²) in [7, 11) is 0. The fourth-order valence-corrected chi connectivity index (χ4v) is 0.883. The summed E-state index contributed by atoms with van der Waals surface area (Å²) in [6, 6.07) is 1.71. The van der Waals surface area contributed by atoms with Crippen molar-refractivity contribution < 1.29 is 18.3 Å². The first kappa shape index (κ1) is 9.64. The van der Waals surface area contributed by atoms with Crippen LogP contribution in [0.3, 0.4) is 0 Å². The molecule has 0 aliphatic heterocycles. The Morgan fingerprint density at radius 3 is 2.54 bits per heavy atom. The van der Waals surface area contributed by atoms with Crippen LogP contribution in [0.25, 0.3) is 0 Å². The maximum absolute atomic E-state index is 12.9. The number of rotatable bonds is 1. The molecule has 1 aromatic carbocycles. The van der Waals surface area contributed by atoms with Gasteiger partial charge in [-0.15, -0.1) is 0 Å². The monoisotopic (exact) mass is 186 g/mol. The summed E-state index contributed by atoms with van der Waals surface area (Å²) < 4.78 is 30.1. The van der Waals surface area contributed by atoms with Crippen molar-refractivity contribution in [3.63, 3.8) is 0 Å². The normalized spacial score (nSPS) is 9.85. The largest absolute Gasteiger partial charge is 0.426 e. The summed E-state index contributed by atoms with van der Waals surface area (Å²) in [4.78, 5) is 10.5. The zero-order chi connectivity index (χ0) is 10.0. The molecule has 0 saturated heterocycles. The van der Waals surface area contributed by atoms with Crippen LogP contribution in [0.2, 0.25) is 0 Å². The molecule has 13 heavy (non-hydrogen) atoms. The van der Waals surface area contributed by atoms with Crippen molar-refractivity contribution >= 4 is 5.97 Å². The Labute approximate surface area is 74.1 Å². The van der Waals surface area contributed by atoms with Gasteiger partial charge in [0.25, 0.3) is 0 Å². The highest BCUT2D eigenvalue weighted by molar-refractivity contribution is 5.69. The van der Waals surface area contributed by atoms with E-state index in [1.165, 1.54) is 13.8 Å². The standard InChI is InChI=1S/C9H8F2O2/c1-5-8(11)3-7(10)4-9(5)13-6(2)12/h3-4H,1-2H3. The van der Waals surface area contributed by atoms with Gasteiger partial charge in [0.1, 0.15) is 17.4 Å². The van der Waals surface area contributed by atoms with Crippen LogP contribution in [0.1, 0.15) is 12.5 Å². The topological polar surface area (TPSA) is 26.3 Å². The molecule has 0 fully saturated rings. The maximum Gasteiger partial charge on any atom is 0.308 e. The molecule has 0 heterocycles. The first-order valence-corrected chi connectivity index (χ1v) is 3.65. The Kier molecular flexibility index (Phi) is 2.60. The number of halogens is 2. The van der Waals surface area contributed by atoms with Crippen LogP contribution in [-0.4, -0.2) is 5.97 Å². The number of esters is 1. The van der Waals surface area contributed by atoms with Gasteiger partial charge in [-0.1, -0.05) is 0 Å². The van der Waals surface area contributed by atoms with Crippen LogP contribution in [0.5, 0.6) is 5.75 Å². The fraction of sp³-hybridized carbons (Fsp3) is 0.222. The van der Waals surface area contributed by atoms with Crippen molar-refractivity contribution in [2.75, 3.05) is 0 Å². The first-order chi connectivity index (χ1) is 6.00. The van der Waals surface area contributed by atoms with Gasteiger partial charge in [-0.05, 0) is 6.92 Å². The van der Waals surface area contributed by atoms with Crippen molar-refractivity contribution in [2.45, 2.75) is 13.8 Å². The molecule has 0 bridgehead atoms. The molecule has 0 aliphatic rings. The van der Waals surface area contributed by atoms with Crippen molar-refractivity contribution in [1.29, 1.82) is 0 Å². The van der Waals surface area contributed by atoms with Gasteiger partial charge in [0.15, 0.2) is 0 Å². The zero-order valence-electron chi connectivity index (χ0n) is 7.23. The molecule has 0 amide bonds. The van der Waals surface area contributed by atoms with E-state index in [1.54, 1.807) is 0 Å². The van der Waals surface area contributed by atoms with Gasteiger partial charge in [-0.25, -0.2) is 8.78 Å². The minimum atomic E-state index is -0.764. The van der Waals surface area contributed by atoms with E-state index in [4.69, 9.17) is 0 Å².